The molecule has 3 aromatic carbocycles. The van der Waals surface area contributed by atoms with E-state index in [-0.39, 0.29) is 11.6 Å². The van der Waals surface area contributed by atoms with Crippen molar-refractivity contribution >= 4 is 28.2 Å². The third-order valence-corrected chi connectivity index (χ3v) is 6.33. The van der Waals surface area contributed by atoms with Crippen LogP contribution in [0.4, 0.5) is 11.4 Å². The van der Waals surface area contributed by atoms with Crippen molar-refractivity contribution in [2.75, 3.05) is 31.1 Å². The number of anilines is 1. The highest BCUT2D eigenvalue weighted by molar-refractivity contribution is 6.07. The Kier molecular flexibility index (Phi) is 5.67. The van der Waals surface area contributed by atoms with E-state index in [1.165, 1.54) is 12.1 Å². The number of amides is 1. The highest BCUT2D eigenvalue weighted by Crippen LogP contribution is 2.28. The van der Waals surface area contributed by atoms with Crippen molar-refractivity contribution in [2.45, 2.75) is 6.92 Å². The molecule has 0 spiro atoms. The standard InChI is InChI=1S/C27H24N4O3/c1-19-6-5-9-23-24(18-25(28-26(19)23)20-7-3-2-4-8-20)27(32)30-16-14-29(15-17-30)21-10-12-22(13-11-21)31(33)34/h2-13,18H,14-17H2,1H3. The lowest BCUT2D eigenvalue weighted by molar-refractivity contribution is -0.384. The van der Waals surface area contributed by atoms with Crippen molar-refractivity contribution in [1.82, 2.24) is 9.88 Å². The monoisotopic (exact) mass is 452 g/mol. The van der Waals surface area contributed by atoms with Gasteiger partial charge in [-0.2, -0.15) is 0 Å². The van der Waals surface area contributed by atoms with Crippen LogP contribution in [-0.2, 0) is 0 Å². The number of aryl methyl sites for hydroxylation is 1. The quantitative estimate of drug-likeness (QED) is 0.319. The first-order chi connectivity index (χ1) is 16.5. The molecule has 2 heterocycles. The summed E-state index contributed by atoms with van der Waals surface area (Å²) in [7, 11) is 0. The fourth-order valence-corrected chi connectivity index (χ4v) is 4.45. The summed E-state index contributed by atoms with van der Waals surface area (Å²) in [5.41, 5.74) is 5.31. The van der Waals surface area contributed by atoms with Gasteiger partial charge in [-0.1, -0.05) is 48.5 Å². The normalized spacial score (nSPS) is 13.8. The molecule has 34 heavy (non-hydrogen) atoms. The molecule has 1 aliphatic rings. The Hall–Kier alpha value is -4.26. The van der Waals surface area contributed by atoms with Crippen molar-refractivity contribution in [3.05, 3.63) is 100 Å². The van der Waals surface area contributed by atoms with Crippen molar-refractivity contribution in [1.29, 1.82) is 0 Å². The molecule has 7 nitrogen and oxygen atoms in total. The van der Waals surface area contributed by atoms with Crippen LogP contribution in [-0.4, -0.2) is 46.9 Å². The van der Waals surface area contributed by atoms with Gasteiger partial charge in [0.05, 0.1) is 21.7 Å². The number of carbonyl (C=O) groups is 1. The smallest absolute Gasteiger partial charge is 0.269 e. The molecule has 1 aromatic heterocycles. The topological polar surface area (TPSA) is 79.6 Å². The Labute approximate surface area is 197 Å². The van der Waals surface area contributed by atoms with Crippen molar-refractivity contribution in [2.24, 2.45) is 0 Å². The summed E-state index contributed by atoms with van der Waals surface area (Å²) in [6.45, 7) is 4.49. The van der Waals surface area contributed by atoms with Crippen molar-refractivity contribution in [3.63, 3.8) is 0 Å². The summed E-state index contributed by atoms with van der Waals surface area (Å²) in [5, 5.41) is 11.8. The number of piperazine rings is 1. The molecule has 0 unspecified atom stereocenters. The van der Waals surface area contributed by atoms with Crippen LogP contribution in [0.1, 0.15) is 15.9 Å². The first kappa shape index (κ1) is 21.6. The highest BCUT2D eigenvalue weighted by Gasteiger charge is 2.25. The summed E-state index contributed by atoms with van der Waals surface area (Å²) in [6, 6.07) is 24.3. The average Bonchev–Trinajstić information content (AvgIpc) is 2.89. The maximum absolute atomic E-state index is 13.7. The minimum absolute atomic E-state index is 0.00136. The van der Waals surface area contributed by atoms with E-state index in [1.54, 1.807) is 12.1 Å². The van der Waals surface area contributed by atoms with Crippen LogP contribution < -0.4 is 4.90 Å². The van der Waals surface area contributed by atoms with Gasteiger partial charge in [0, 0.05) is 54.9 Å². The third kappa shape index (κ3) is 4.08. The van der Waals surface area contributed by atoms with Gasteiger partial charge in [-0.3, -0.25) is 14.9 Å². The number of nitro benzene ring substituents is 1. The lowest BCUT2D eigenvalue weighted by atomic mass is 10.0. The van der Waals surface area contributed by atoms with Gasteiger partial charge < -0.3 is 9.80 Å². The molecule has 170 valence electrons. The number of nitro groups is 1. The van der Waals surface area contributed by atoms with E-state index < -0.39 is 4.92 Å². The summed E-state index contributed by atoms with van der Waals surface area (Å²) in [4.78, 5) is 33.1. The molecule has 0 radical (unpaired) electrons. The van der Waals surface area contributed by atoms with E-state index in [0.29, 0.717) is 31.7 Å². The SMILES string of the molecule is Cc1cccc2c(C(=O)N3CCN(c4ccc([N+](=O)[O-])cc4)CC3)cc(-c3ccccc3)nc12. The number of hydrogen-bond acceptors (Lipinski definition) is 5. The second-order valence-corrected chi connectivity index (χ2v) is 8.44. The van der Waals surface area contributed by atoms with E-state index in [0.717, 1.165) is 33.4 Å². The molecule has 4 aromatic rings. The molecule has 0 saturated carbocycles. The van der Waals surface area contributed by atoms with E-state index in [9.17, 15) is 14.9 Å². The Bertz CT molecular complexity index is 1360. The second-order valence-electron chi connectivity index (χ2n) is 8.44. The van der Waals surface area contributed by atoms with Gasteiger partial charge in [-0.15, -0.1) is 0 Å². The second kappa shape index (κ2) is 8.94. The van der Waals surface area contributed by atoms with E-state index in [1.807, 2.05) is 66.4 Å². The third-order valence-electron chi connectivity index (χ3n) is 6.33. The number of nitrogens with zero attached hydrogens (tertiary/aromatic N) is 4. The average molecular weight is 453 g/mol. The Morgan fingerprint density at radius 1 is 0.912 bits per heavy atom. The van der Waals surface area contributed by atoms with E-state index in [2.05, 4.69) is 4.90 Å². The lowest BCUT2D eigenvalue weighted by Crippen LogP contribution is -2.48. The van der Waals surface area contributed by atoms with Crippen LogP contribution in [0, 0.1) is 17.0 Å². The Morgan fingerprint density at radius 2 is 1.62 bits per heavy atom. The van der Waals surface area contributed by atoms with Gasteiger partial charge in [0.15, 0.2) is 0 Å². The molecule has 1 amide bonds. The number of rotatable bonds is 4. The van der Waals surface area contributed by atoms with Gasteiger partial charge in [0.2, 0.25) is 0 Å². The van der Waals surface area contributed by atoms with Gasteiger partial charge in [-0.25, -0.2) is 4.98 Å². The zero-order chi connectivity index (χ0) is 23.7. The van der Waals surface area contributed by atoms with Crippen molar-refractivity contribution in [3.8, 4) is 11.3 Å². The van der Waals surface area contributed by atoms with Crippen LogP contribution in [0.25, 0.3) is 22.2 Å². The predicted octanol–water partition coefficient (Wildman–Crippen LogP) is 5.08. The first-order valence-electron chi connectivity index (χ1n) is 11.3. The lowest BCUT2D eigenvalue weighted by Gasteiger charge is -2.36. The largest absolute Gasteiger partial charge is 0.368 e. The molecule has 0 N–H and O–H groups in total. The fraction of sp³-hybridized carbons (Fsp3) is 0.185. The first-order valence-corrected chi connectivity index (χ1v) is 11.3. The summed E-state index contributed by atoms with van der Waals surface area (Å²) < 4.78 is 0. The molecule has 1 fully saturated rings. The minimum Gasteiger partial charge on any atom is -0.368 e. The predicted molar refractivity (Wildman–Crippen MR) is 133 cm³/mol. The van der Waals surface area contributed by atoms with E-state index in [4.69, 9.17) is 4.98 Å². The molecule has 7 heteroatoms. The number of aromatic nitrogens is 1. The number of benzene rings is 3. The van der Waals surface area contributed by atoms with Crippen molar-refractivity contribution < 1.29 is 9.72 Å². The number of hydrogen-bond donors (Lipinski definition) is 0. The molecule has 5 rings (SSSR count). The summed E-state index contributed by atoms with van der Waals surface area (Å²) in [6.07, 6.45) is 0. The maximum atomic E-state index is 13.7. The van der Waals surface area contributed by atoms with Gasteiger partial charge in [0.1, 0.15) is 0 Å². The molecule has 1 saturated heterocycles. The van der Waals surface area contributed by atoms with Crippen LogP contribution >= 0.6 is 0 Å². The van der Waals surface area contributed by atoms with Gasteiger partial charge in [0.25, 0.3) is 11.6 Å². The number of para-hydroxylation sites is 1. The van der Waals surface area contributed by atoms with Gasteiger partial charge in [-0.05, 0) is 30.7 Å². The summed E-state index contributed by atoms with van der Waals surface area (Å²) in [5.74, 6) is -0.00136. The Morgan fingerprint density at radius 3 is 2.29 bits per heavy atom. The zero-order valence-corrected chi connectivity index (χ0v) is 18.8. The molecule has 0 bridgehead atoms. The number of fused-ring (bicyclic) bond motifs is 1. The summed E-state index contributed by atoms with van der Waals surface area (Å²) >= 11 is 0. The van der Waals surface area contributed by atoms with Crippen LogP contribution in [0.2, 0.25) is 0 Å². The minimum atomic E-state index is -0.398. The molecule has 0 aliphatic carbocycles. The molecule has 0 atom stereocenters. The maximum Gasteiger partial charge on any atom is 0.269 e. The number of carbonyl (C=O) groups excluding carboxylic acids is 1. The zero-order valence-electron chi connectivity index (χ0n) is 18.8. The molecule has 1 aliphatic heterocycles. The van der Waals surface area contributed by atoms with E-state index >= 15 is 0 Å². The highest BCUT2D eigenvalue weighted by atomic mass is 16.6. The van der Waals surface area contributed by atoms with Crippen LogP contribution in [0.3, 0.4) is 0 Å². The Balaban J connectivity index is 1.41. The molecular formula is C27H24N4O3. The molecular weight excluding hydrogens is 428 g/mol. The number of non-ortho nitro benzene ring substituents is 1. The number of pyridine rings is 1. The van der Waals surface area contributed by atoms with Crippen LogP contribution in [0.15, 0.2) is 78.9 Å². The fourth-order valence-electron chi connectivity index (χ4n) is 4.45. The van der Waals surface area contributed by atoms with Crippen LogP contribution in [0.5, 0.6) is 0 Å². The van der Waals surface area contributed by atoms with Gasteiger partial charge >= 0.3 is 0 Å².